The highest BCUT2D eigenvalue weighted by molar-refractivity contribution is 5.82. The van der Waals surface area contributed by atoms with Crippen LogP contribution in [-0.2, 0) is 9.53 Å². The number of ether oxygens (including phenoxy) is 1. The highest BCUT2D eigenvalue weighted by Crippen LogP contribution is 2.34. The molecule has 102 valence electrons. The molecule has 19 heavy (non-hydrogen) atoms. The largest absolute Gasteiger partial charge is 0.467 e. The molecule has 0 spiro atoms. The third-order valence-corrected chi connectivity index (χ3v) is 3.17. The Morgan fingerprint density at radius 2 is 2.32 bits per heavy atom. The number of nitro benzene ring substituents is 1. The number of hydrogen-bond donors (Lipinski definition) is 0. The van der Waals surface area contributed by atoms with Crippen LogP contribution in [0.1, 0.15) is 12.8 Å². The minimum Gasteiger partial charge on any atom is -0.467 e. The lowest BCUT2D eigenvalue weighted by Gasteiger charge is -2.24. The first-order valence-electron chi connectivity index (χ1n) is 5.83. The van der Waals surface area contributed by atoms with Gasteiger partial charge in [0, 0.05) is 18.7 Å². The van der Waals surface area contributed by atoms with E-state index in [0.717, 1.165) is 18.2 Å². The van der Waals surface area contributed by atoms with Crippen LogP contribution in [0, 0.1) is 15.9 Å². The maximum absolute atomic E-state index is 13.3. The van der Waals surface area contributed by atoms with Gasteiger partial charge in [-0.1, -0.05) is 0 Å². The maximum atomic E-state index is 13.3. The van der Waals surface area contributed by atoms with Crippen molar-refractivity contribution in [3.8, 4) is 0 Å². The summed E-state index contributed by atoms with van der Waals surface area (Å²) in [6.45, 7) is 0.462. The smallest absolute Gasteiger partial charge is 0.328 e. The van der Waals surface area contributed by atoms with E-state index in [1.54, 1.807) is 0 Å². The number of methoxy groups -OCH3 is 1. The molecule has 1 aromatic rings. The first-order chi connectivity index (χ1) is 9.04. The van der Waals surface area contributed by atoms with Gasteiger partial charge in [0.15, 0.2) is 0 Å². The predicted octanol–water partition coefficient (Wildman–Crippen LogP) is 1.88. The third-order valence-electron chi connectivity index (χ3n) is 3.17. The molecule has 6 nitrogen and oxygen atoms in total. The van der Waals surface area contributed by atoms with E-state index in [4.69, 9.17) is 0 Å². The Morgan fingerprint density at radius 1 is 1.58 bits per heavy atom. The fraction of sp³-hybridized carbons (Fsp3) is 0.417. The molecule has 0 saturated carbocycles. The van der Waals surface area contributed by atoms with E-state index in [-0.39, 0.29) is 11.4 Å². The molecule has 1 aliphatic rings. The summed E-state index contributed by atoms with van der Waals surface area (Å²) in [5.74, 6) is -1.04. The molecule has 0 aliphatic carbocycles. The Labute approximate surface area is 108 Å². The number of carbonyl (C=O) groups is 1. The Balaban J connectivity index is 2.42. The topological polar surface area (TPSA) is 72.7 Å². The van der Waals surface area contributed by atoms with Gasteiger partial charge < -0.3 is 9.64 Å². The molecular weight excluding hydrogens is 255 g/mol. The van der Waals surface area contributed by atoms with E-state index in [1.807, 2.05) is 0 Å². The molecule has 0 amide bonds. The lowest BCUT2D eigenvalue weighted by Crippen LogP contribution is -2.37. The molecule has 2 rings (SSSR count). The van der Waals surface area contributed by atoms with Crippen LogP contribution in [0.15, 0.2) is 18.2 Å². The molecule has 1 atom stereocenters. The van der Waals surface area contributed by atoms with Gasteiger partial charge in [-0.2, -0.15) is 0 Å². The molecule has 1 fully saturated rings. The van der Waals surface area contributed by atoms with Crippen molar-refractivity contribution < 1.29 is 18.8 Å². The first-order valence-corrected chi connectivity index (χ1v) is 5.83. The summed E-state index contributed by atoms with van der Waals surface area (Å²) in [5.41, 5.74) is -0.0879. The second-order valence-electron chi connectivity index (χ2n) is 4.26. The molecule has 1 aliphatic heterocycles. The number of carbonyl (C=O) groups excluding carboxylic acids is 1. The minimum atomic E-state index is -0.592. The minimum absolute atomic E-state index is 0.123. The van der Waals surface area contributed by atoms with Crippen LogP contribution < -0.4 is 4.90 Å². The fourth-order valence-corrected chi connectivity index (χ4v) is 2.32. The standard InChI is InChI=1S/C12H13FN2O4/c1-19-12(16)10-3-2-6-14(10)11-7-8(13)4-5-9(11)15(17)18/h4-5,7,10H,2-3,6H2,1H3/t10-/m0/s1. The molecule has 0 unspecified atom stereocenters. The summed E-state index contributed by atoms with van der Waals surface area (Å²) >= 11 is 0. The number of anilines is 1. The van der Waals surface area contributed by atoms with E-state index < -0.39 is 22.8 Å². The summed E-state index contributed by atoms with van der Waals surface area (Å²) in [4.78, 5) is 23.6. The second-order valence-corrected chi connectivity index (χ2v) is 4.26. The van der Waals surface area contributed by atoms with Crippen molar-refractivity contribution >= 4 is 17.3 Å². The van der Waals surface area contributed by atoms with Crippen LogP contribution in [0.25, 0.3) is 0 Å². The van der Waals surface area contributed by atoms with Crippen molar-refractivity contribution in [3.63, 3.8) is 0 Å². The van der Waals surface area contributed by atoms with Crippen LogP contribution in [0.5, 0.6) is 0 Å². The van der Waals surface area contributed by atoms with E-state index in [9.17, 15) is 19.3 Å². The average Bonchev–Trinajstić information content (AvgIpc) is 2.86. The van der Waals surface area contributed by atoms with Crippen molar-refractivity contribution in [1.82, 2.24) is 0 Å². The number of nitro groups is 1. The van der Waals surface area contributed by atoms with Gasteiger partial charge in [-0.15, -0.1) is 0 Å². The number of esters is 1. The zero-order valence-electron chi connectivity index (χ0n) is 10.3. The summed E-state index contributed by atoms with van der Waals surface area (Å²) < 4.78 is 18.0. The van der Waals surface area contributed by atoms with Gasteiger partial charge in [0.25, 0.3) is 5.69 Å². The maximum Gasteiger partial charge on any atom is 0.328 e. The van der Waals surface area contributed by atoms with E-state index in [1.165, 1.54) is 12.0 Å². The van der Waals surface area contributed by atoms with Crippen molar-refractivity contribution in [3.05, 3.63) is 34.1 Å². The summed E-state index contributed by atoms with van der Waals surface area (Å²) in [6.07, 6.45) is 1.24. The molecular formula is C12H13FN2O4. The number of halogens is 1. The number of hydrogen-bond acceptors (Lipinski definition) is 5. The van der Waals surface area contributed by atoms with Gasteiger partial charge in [0.1, 0.15) is 17.5 Å². The second kappa shape index (κ2) is 5.21. The molecule has 0 N–H and O–H groups in total. The van der Waals surface area contributed by atoms with Crippen LogP contribution >= 0.6 is 0 Å². The summed E-state index contributed by atoms with van der Waals surface area (Å²) in [7, 11) is 1.26. The van der Waals surface area contributed by atoms with Gasteiger partial charge in [0.2, 0.25) is 0 Å². The highest BCUT2D eigenvalue weighted by Gasteiger charge is 2.35. The number of benzene rings is 1. The molecule has 0 aromatic heterocycles. The van der Waals surface area contributed by atoms with Gasteiger partial charge in [-0.05, 0) is 18.9 Å². The highest BCUT2D eigenvalue weighted by atomic mass is 19.1. The van der Waals surface area contributed by atoms with Crippen LogP contribution in [0.3, 0.4) is 0 Å². The van der Waals surface area contributed by atoms with Crippen molar-refractivity contribution in [2.75, 3.05) is 18.6 Å². The summed E-state index contributed by atoms with van der Waals surface area (Å²) in [6, 6.07) is 2.63. The molecule has 0 bridgehead atoms. The first kappa shape index (κ1) is 13.3. The number of rotatable bonds is 3. The Bertz CT molecular complexity index is 520. The predicted molar refractivity (Wildman–Crippen MR) is 65.4 cm³/mol. The monoisotopic (exact) mass is 268 g/mol. The lowest BCUT2D eigenvalue weighted by molar-refractivity contribution is -0.384. The molecule has 1 aromatic carbocycles. The Morgan fingerprint density at radius 3 is 2.95 bits per heavy atom. The van der Waals surface area contributed by atoms with Crippen LogP contribution in [-0.4, -0.2) is 30.6 Å². The van der Waals surface area contributed by atoms with Gasteiger partial charge >= 0.3 is 5.97 Å². The molecule has 1 saturated heterocycles. The van der Waals surface area contributed by atoms with Crippen molar-refractivity contribution in [1.29, 1.82) is 0 Å². The van der Waals surface area contributed by atoms with Crippen LogP contribution in [0.4, 0.5) is 15.8 Å². The van der Waals surface area contributed by atoms with Crippen molar-refractivity contribution in [2.45, 2.75) is 18.9 Å². The van der Waals surface area contributed by atoms with Crippen molar-refractivity contribution in [2.24, 2.45) is 0 Å². The average molecular weight is 268 g/mol. The van der Waals surface area contributed by atoms with Crippen LogP contribution in [0.2, 0.25) is 0 Å². The molecule has 7 heteroatoms. The third kappa shape index (κ3) is 2.49. The van der Waals surface area contributed by atoms with E-state index >= 15 is 0 Å². The van der Waals surface area contributed by atoms with Gasteiger partial charge in [0.05, 0.1) is 12.0 Å². The zero-order valence-corrected chi connectivity index (χ0v) is 10.3. The number of nitrogens with zero attached hydrogens (tertiary/aromatic N) is 2. The lowest BCUT2D eigenvalue weighted by atomic mass is 10.2. The Hall–Kier alpha value is -2.18. The van der Waals surface area contributed by atoms with Gasteiger partial charge in [-0.25, -0.2) is 9.18 Å². The normalized spacial score (nSPS) is 18.4. The van der Waals surface area contributed by atoms with E-state index in [2.05, 4.69) is 4.74 Å². The van der Waals surface area contributed by atoms with Gasteiger partial charge in [-0.3, -0.25) is 10.1 Å². The fourth-order valence-electron chi connectivity index (χ4n) is 2.32. The van der Waals surface area contributed by atoms with E-state index in [0.29, 0.717) is 19.4 Å². The molecule has 0 radical (unpaired) electrons. The molecule has 1 heterocycles. The Kier molecular flexibility index (Phi) is 3.64. The zero-order chi connectivity index (χ0) is 14.0. The summed E-state index contributed by atoms with van der Waals surface area (Å²) in [5, 5.41) is 11.0. The SMILES string of the molecule is COC(=O)[C@@H]1CCCN1c1cc(F)ccc1[N+](=O)[O-]. The quantitative estimate of drug-likeness (QED) is 0.475.